The first-order valence-corrected chi connectivity index (χ1v) is 8.77. The summed E-state index contributed by atoms with van der Waals surface area (Å²) < 4.78 is 20.0. The van der Waals surface area contributed by atoms with Gasteiger partial charge in [0.15, 0.2) is 0 Å². The van der Waals surface area contributed by atoms with Crippen LogP contribution in [0.4, 0.5) is 0 Å². The molecule has 0 atom stereocenters. The number of hydrogen-bond acceptors (Lipinski definition) is 6. The summed E-state index contributed by atoms with van der Waals surface area (Å²) in [5.74, 6) is 0. The maximum Gasteiger partial charge on any atom is 0.0701 e. The molecule has 0 rings (SSSR count). The number of ether oxygens (including phenoxy) is 4. The fourth-order valence-corrected chi connectivity index (χ4v) is 1.70. The van der Waals surface area contributed by atoms with Crippen LogP contribution < -0.4 is 0 Å². The van der Waals surface area contributed by atoms with Gasteiger partial charge in [0.2, 0.25) is 0 Å². The van der Waals surface area contributed by atoms with E-state index < -0.39 is 0 Å². The molecule has 0 saturated heterocycles. The maximum absolute atomic E-state index is 8.36. The van der Waals surface area contributed by atoms with Gasteiger partial charge < -0.3 is 29.2 Å². The zero-order valence-electron chi connectivity index (χ0n) is 15.1. The smallest absolute Gasteiger partial charge is 0.0701 e. The molecular formula is C17H38O6. The number of unbranched alkanes of at least 4 members (excludes halogenated alkanes) is 5. The third kappa shape index (κ3) is 30.2. The van der Waals surface area contributed by atoms with Gasteiger partial charge in [-0.1, -0.05) is 39.0 Å². The molecule has 0 spiro atoms. The predicted molar refractivity (Wildman–Crippen MR) is 91.9 cm³/mol. The summed E-state index contributed by atoms with van der Waals surface area (Å²) in [6.45, 7) is 5.95. The molecule has 0 saturated carbocycles. The first-order valence-electron chi connectivity index (χ1n) is 8.77. The summed E-state index contributed by atoms with van der Waals surface area (Å²) in [6, 6.07) is 0. The Labute approximate surface area is 142 Å². The fourth-order valence-electron chi connectivity index (χ4n) is 1.70. The highest BCUT2D eigenvalue weighted by molar-refractivity contribution is 4.42. The lowest BCUT2D eigenvalue weighted by Crippen LogP contribution is -2.11. The van der Waals surface area contributed by atoms with Gasteiger partial charge in [-0.2, -0.15) is 0 Å². The first kappa shape index (κ1) is 25.0. The molecule has 0 aliphatic heterocycles. The molecule has 142 valence electrons. The summed E-state index contributed by atoms with van der Waals surface area (Å²) in [6.07, 6.45) is 8.10. The minimum atomic E-state index is 0.0413. The van der Waals surface area contributed by atoms with E-state index in [0.29, 0.717) is 39.6 Å². The average molecular weight is 338 g/mol. The van der Waals surface area contributed by atoms with E-state index in [0.717, 1.165) is 6.61 Å². The Hall–Kier alpha value is -0.240. The number of aliphatic hydroxyl groups excluding tert-OH is 2. The molecule has 0 aromatic rings. The van der Waals surface area contributed by atoms with Gasteiger partial charge in [-0.15, -0.1) is 0 Å². The van der Waals surface area contributed by atoms with E-state index in [1.165, 1.54) is 38.5 Å². The summed E-state index contributed by atoms with van der Waals surface area (Å²) in [5.41, 5.74) is 0. The van der Waals surface area contributed by atoms with Crippen LogP contribution in [0.2, 0.25) is 0 Å². The van der Waals surface area contributed by atoms with Crippen LogP contribution in [0.1, 0.15) is 45.4 Å². The van der Waals surface area contributed by atoms with Crippen LogP contribution in [0.3, 0.4) is 0 Å². The molecule has 2 N–H and O–H groups in total. The average Bonchev–Trinajstić information content (AvgIpc) is 2.57. The van der Waals surface area contributed by atoms with Crippen molar-refractivity contribution >= 4 is 0 Å². The molecule has 0 fully saturated rings. The number of methoxy groups -OCH3 is 1. The second-order valence-corrected chi connectivity index (χ2v) is 5.04. The predicted octanol–water partition coefficient (Wildman–Crippen LogP) is 2.01. The molecule has 0 amide bonds. The van der Waals surface area contributed by atoms with Gasteiger partial charge in [0.25, 0.3) is 0 Å². The second kappa shape index (κ2) is 26.6. The molecule has 0 aliphatic rings. The molecule has 0 radical (unpaired) electrons. The van der Waals surface area contributed by atoms with E-state index in [2.05, 4.69) is 6.92 Å². The first-order chi connectivity index (χ1) is 11.3. The molecule has 6 heteroatoms. The third-order valence-electron chi connectivity index (χ3n) is 2.92. The minimum Gasteiger partial charge on any atom is -0.394 e. The molecule has 23 heavy (non-hydrogen) atoms. The van der Waals surface area contributed by atoms with Crippen LogP contribution in [0, 0.1) is 0 Å². The normalized spacial score (nSPS) is 10.4. The van der Waals surface area contributed by atoms with Crippen molar-refractivity contribution in [3.05, 3.63) is 0 Å². The Morgan fingerprint density at radius 3 is 1.43 bits per heavy atom. The lowest BCUT2D eigenvalue weighted by Gasteiger charge is -2.04. The summed E-state index contributed by atoms with van der Waals surface area (Å²) in [7, 11) is 1.77. The topological polar surface area (TPSA) is 77.4 Å². The van der Waals surface area contributed by atoms with Crippen LogP contribution in [0.5, 0.6) is 0 Å². The lowest BCUT2D eigenvalue weighted by atomic mass is 10.1. The highest BCUT2D eigenvalue weighted by Gasteiger charge is 1.90. The van der Waals surface area contributed by atoms with Gasteiger partial charge in [-0.3, -0.25) is 0 Å². The van der Waals surface area contributed by atoms with Crippen molar-refractivity contribution in [3.63, 3.8) is 0 Å². The molecule has 0 aromatic carbocycles. The molecule has 0 unspecified atom stereocenters. The summed E-state index contributed by atoms with van der Waals surface area (Å²) in [5, 5.41) is 16.7. The zero-order chi connectivity index (χ0) is 17.4. The van der Waals surface area contributed by atoms with Crippen molar-refractivity contribution in [3.8, 4) is 0 Å². The fraction of sp³-hybridized carbons (Fsp3) is 1.00. The van der Waals surface area contributed by atoms with Crippen molar-refractivity contribution in [2.24, 2.45) is 0 Å². The van der Waals surface area contributed by atoms with E-state index in [-0.39, 0.29) is 13.2 Å². The molecular weight excluding hydrogens is 300 g/mol. The Kier molecular flexibility index (Phi) is 29.0. The van der Waals surface area contributed by atoms with Gasteiger partial charge in [0.1, 0.15) is 0 Å². The number of rotatable bonds is 17. The van der Waals surface area contributed by atoms with E-state index in [4.69, 9.17) is 29.2 Å². The third-order valence-corrected chi connectivity index (χ3v) is 2.92. The van der Waals surface area contributed by atoms with Crippen molar-refractivity contribution in [2.75, 3.05) is 66.6 Å². The minimum absolute atomic E-state index is 0.0413. The van der Waals surface area contributed by atoms with Crippen LogP contribution in [0.15, 0.2) is 0 Å². The van der Waals surface area contributed by atoms with Crippen molar-refractivity contribution in [1.29, 1.82) is 0 Å². The Morgan fingerprint density at radius 1 is 0.565 bits per heavy atom. The van der Waals surface area contributed by atoms with E-state index in [9.17, 15) is 0 Å². The van der Waals surface area contributed by atoms with Gasteiger partial charge in [-0.25, -0.2) is 0 Å². The van der Waals surface area contributed by atoms with Crippen LogP contribution in [-0.2, 0) is 18.9 Å². The standard InChI is InChI=1S/C9H20O.C8H18O5/c1-3-4-5-6-7-8-9-10-2;9-1-3-11-5-7-13-8-6-12-4-2-10/h3-9H2,1-2H3;9-10H,1-8H2. The van der Waals surface area contributed by atoms with E-state index >= 15 is 0 Å². The quantitative estimate of drug-likeness (QED) is 0.395. The summed E-state index contributed by atoms with van der Waals surface area (Å²) >= 11 is 0. The highest BCUT2D eigenvalue weighted by atomic mass is 16.5. The molecule has 0 aliphatic carbocycles. The monoisotopic (exact) mass is 338 g/mol. The largest absolute Gasteiger partial charge is 0.394 e. The Morgan fingerprint density at radius 2 is 1.00 bits per heavy atom. The van der Waals surface area contributed by atoms with E-state index in [1.807, 2.05) is 0 Å². The SMILES string of the molecule is CCCCCCCCOC.OCCOCCOCCOCCO. The van der Waals surface area contributed by atoms with Crippen molar-refractivity contribution in [1.82, 2.24) is 0 Å². The van der Waals surface area contributed by atoms with Gasteiger partial charge in [0, 0.05) is 13.7 Å². The van der Waals surface area contributed by atoms with Crippen LogP contribution in [0.25, 0.3) is 0 Å². The van der Waals surface area contributed by atoms with Crippen molar-refractivity contribution < 1.29 is 29.2 Å². The van der Waals surface area contributed by atoms with Gasteiger partial charge >= 0.3 is 0 Å². The second-order valence-electron chi connectivity index (χ2n) is 5.04. The van der Waals surface area contributed by atoms with Crippen molar-refractivity contribution in [2.45, 2.75) is 45.4 Å². The Balaban J connectivity index is 0. The Bertz CT molecular complexity index is 162. The summed E-state index contributed by atoms with van der Waals surface area (Å²) in [4.78, 5) is 0. The van der Waals surface area contributed by atoms with Crippen LogP contribution >= 0.6 is 0 Å². The van der Waals surface area contributed by atoms with E-state index in [1.54, 1.807) is 7.11 Å². The lowest BCUT2D eigenvalue weighted by molar-refractivity contribution is 0.00230. The molecule has 6 nitrogen and oxygen atoms in total. The van der Waals surface area contributed by atoms with Crippen LogP contribution in [-0.4, -0.2) is 76.8 Å². The zero-order valence-corrected chi connectivity index (χ0v) is 15.1. The van der Waals surface area contributed by atoms with Gasteiger partial charge in [0.05, 0.1) is 52.9 Å². The number of aliphatic hydroxyl groups is 2. The molecule has 0 bridgehead atoms. The maximum atomic E-state index is 8.36. The van der Waals surface area contributed by atoms with Gasteiger partial charge in [-0.05, 0) is 6.42 Å². The highest BCUT2D eigenvalue weighted by Crippen LogP contribution is 2.04. The molecule has 0 heterocycles. The number of hydrogen-bond donors (Lipinski definition) is 2. The molecule has 0 aromatic heterocycles.